The SMILES string of the molecule is N#CCS(=O)(=O)c1cn(-c2ccc(F)c(C(F)F)c2)c2c1C(=O)C(F)(F)CC2. The van der Waals surface area contributed by atoms with Crippen LogP contribution in [0.25, 0.3) is 5.69 Å². The molecule has 0 bridgehead atoms. The zero-order chi connectivity index (χ0) is 20.9. The summed E-state index contributed by atoms with van der Waals surface area (Å²) in [5, 5.41) is 8.69. The number of carbonyl (C=O) groups excluding carboxylic acids is 1. The Labute approximate surface area is 155 Å². The third-order valence-corrected chi connectivity index (χ3v) is 5.88. The van der Waals surface area contributed by atoms with Crippen LogP contribution in [-0.2, 0) is 16.3 Å². The Bertz CT molecular complexity index is 1120. The number of hydrogen-bond donors (Lipinski definition) is 0. The van der Waals surface area contributed by atoms with Gasteiger partial charge in [-0.15, -0.1) is 0 Å². The molecule has 1 aromatic heterocycles. The van der Waals surface area contributed by atoms with Crippen LogP contribution in [0.4, 0.5) is 22.0 Å². The van der Waals surface area contributed by atoms with Crippen molar-refractivity contribution in [3.8, 4) is 11.8 Å². The molecule has 28 heavy (non-hydrogen) atoms. The van der Waals surface area contributed by atoms with Crippen LogP contribution in [0.15, 0.2) is 29.3 Å². The molecule has 1 heterocycles. The monoisotopic (exact) mass is 418 g/mol. The van der Waals surface area contributed by atoms with Gasteiger partial charge in [0.05, 0.1) is 22.1 Å². The minimum absolute atomic E-state index is 0.121. The first-order valence-electron chi connectivity index (χ1n) is 7.84. The van der Waals surface area contributed by atoms with Crippen LogP contribution in [0.1, 0.15) is 34.5 Å². The van der Waals surface area contributed by atoms with Gasteiger partial charge < -0.3 is 4.57 Å². The molecule has 0 radical (unpaired) electrons. The van der Waals surface area contributed by atoms with Gasteiger partial charge in [0, 0.05) is 24.0 Å². The van der Waals surface area contributed by atoms with E-state index >= 15 is 0 Å². The minimum atomic E-state index is -4.42. The number of halogens is 5. The van der Waals surface area contributed by atoms with Crippen molar-refractivity contribution in [3.63, 3.8) is 0 Å². The Kier molecular flexibility index (Phi) is 4.79. The van der Waals surface area contributed by atoms with E-state index < -0.39 is 68.4 Å². The van der Waals surface area contributed by atoms with Gasteiger partial charge in [-0.1, -0.05) is 0 Å². The standard InChI is InChI=1S/C17H11F5N2O3S/c18-11-2-1-9(7-10(11)16(19)20)24-8-13(28(26,27)6-5-23)14-12(24)3-4-17(21,22)15(14)25/h1-2,7-8,16H,3-4,6H2. The summed E-state index contributed by atoms with van der Waals surface area (Å²) in [6, 6.07) is 3.92. The number of aromatic nitrogens is 1. The normalized spacial score (nSPS) is 16.1. The van der Waals surface area contributed by atoms with Gasteiger partial charge in [0.1, 0.15) is 11.6 Å². The third kappa shape index (κ3) is 3.17. The van der Waals surface area contributed by atoms with E-state index in [1.54, 1.807) is 0 Å². The topological polar surface area (TPSA) is 79.9 Å². The second kappa shape index (κ2) is 6.70. The average molecular weight is 418 g/mol. The molecule has 0 amide bonds. The van der Waals surface area contributed by atoms with Gasteiger partial charge >= 0.3 is 5.92 Å². The Hall–Kier alpha value is -2.74. The van der Waals surface area contributed by atoms with Gasteiger partial charge in [-0.05, 0) is 24.6 Å². The molecule has 0 unspecified atom stereocenters. The summed E-state index contributed by atoms with van der Waals surface area (Å²) < 4.78 is 93.0. The van der Waals surface area contributed by atoms with Crippen LogP contribution >= 0.6 is 0 Å². The zero-order valence-corrected chi connectivity index (χ0v) is 14.7. The number of benzene rings is 1. The Morgan fingerprint density at radius 2 is 1.96 bits per heavy atom. The highest BCUT2D eigenvalue weighted by Gasteiger charge is 2.47. The number of carbonyl (C=O) groups is 1. The second-order valence-electron chi connectivity index (χ2n) is 6.14. The van der Waals surface area contributed by atoms with Gasteiger partial charge in [-0.3, -0.25) is 4.79 Å². The van der Waals surface area contributed by atoms with Gasteiger partial charge in [-0.2, -0.15) is 14.0 Å². The van der Waals surface area contributed by atoms with Crippen molar-refractivity contribution in [2.24, 2.45) is 0 Å². The Balaban J connectivity index is 2.30. The molecule has 0 atom stereocenters. The van der Waals surface area contributed by atoms with Gasteiger partial charge in [0.15, 0.2) is 9.84 Å². The molecule has 0 spiro atoms. The number of nitrogens with zero attached hydrogens (tertiary/aromatic N) is 2. The minimum Gasteiger partial charge on any atom is -0.319 e. The summed E-state index contributed by atoms with van der Waals surface area (Å²) in [6.07, 6.45) is -3.65. The van der Waals surface area contributed by atoms with E-state index in [1.807, 2.05) is 0 Å². The Morgan fingerprint density at radius 3 is 2.57 bits per heavy atom. The summed E-state index contributed by atoms with van der Waals surface area (Å²) in [5.74, 6) is -7.78. The van der Waals surface area contributed by atoms with Gasteiger partial charge in [0.2, 0.25) is 5.78 Å². The second-order valence-corrected chi connectivity index (χ2v) is 8.10. The maximum atomic E-state index is 13.9. The van der Waals surface area contributed by atoms with Crippen molar-refractivity contribution < 1.29 is 35.2 Å². The van der Waals surface area contributed by atoms with Crippen LogP contribution in [0.2, 0.25) is 0 Å². The maximum Gasteiger partial charge on any atom is 0.310 e. The van der Waals surface area contributed by atoms with Crippen molar-refractivity contribution in [2.75, 3.05) is 5.75 Å². The lowest BCUT2D eigenvalue weighted by Crippen LogP contribution is -2.35. The number of nitriles is 1. The fourth-order valence-corrected chi connectivity index (χ4v) is 4.17. The largest absolute Gasteiger partial charge is 0.319 e. The van der Waals surface area contributed by atoms with E-state index in [-0.39, 0.29) is 11.4 Å². The number of rotatable bonds is 4. The summed E-state index contributed by atoms with van der Waals surface area (Å²) in [4.78, 5) is 11.4. The van der Waals surface area contributed by atoms with Crippen LogP contribution in [0, 0.1) is 17.1 Å². The summed E-state index contributed by atoms with van der Waals surface area (Å²) >= 11 is 0. The average Bonchev–Trinajstić information content (AvgIpc) is 2.99. The number of sulfone groups is 1. The van der Waals surface area contributed by atoms with E-state index in [2.05, 4.69) is 0 Å². The van der Waals surface area contributed by atoms with Crippen molar-refractivity contribution >= 4 is 15.6 Å². The molecule has 148 valence electrons. The predicted octanol–water partition coefficient (Wildman–Crippen LogP) is 3.62. The number of hydrogen-bond acceptors (Lipinski definition) is 4. The molecule has 0 saturated carbocycles. The molecule has 0 aliphatic heterocycles. The summed E-state index contributed by atoms with van der Waals surface area (Å²) in [5.41, 5.74) is -1.98. The molecule has 0 saturated heterocycles. The van der Waals surface area contributed by atoms with E-state index in [4.69, 9.17) is 5.26 Å². The molecule has 1 aromatic carbocycles. The predicted molar refractivity (Wildman–Crippen MR) is 85.9 cm³/mol. The van der Waals surface area contributed by atoms with E-state index in [0.29, 0.717) is 0 Å². The van der Waals surface area contributed by atoms with Crippen molar-refractivity contribution in [1.29, 1.82) is 5.26 Å². The lowest BCUT2D eigenvalue weighted by molar-refractivity contribution is 0.00142. The highest BCUT2D eigenvalue weighted by molar-refractivity contribution is 7.91. The maximum absolute atomic E-state index is 13.9. The quantitative estimate of drug-likeness (QED) is 0.711. The van der Waals surface area contributed by atoms with E-state index in [1.165, 1.54) is 6.07 Å². The molecular weight excluding hydrogens is 407 g/mol. The molecule has 0 N–H and O–H groups in total. The summed E-state index contributed by atoms with van der Waals surface area (Å²) in [6.45, 7) is 0. The van der Waals surface area contributed by atoms with Gasteiger partial charge in [0.25, 0.3) is 6.43 Å². The molecule has 0 fully saturated rings. The van der Waals surface area contributed by atoms with Crippen molar-refractivity contribution in [3.05, 3.63) is 47.0 Å². The molecule has 2 aromatic rings. The van der Waals surface area contributed by atoms with Crippen LogP contribution < -0.4 is 0 Å². The third-order valence-electron chi connectivity index (χ3n) is 4.39. The number of Topliss-reactive ketones (excluding diaryl/α,β-unsaturated/α-hetero) is 1. The lowest BCUT2D eigenvalue weighted by Gasteiger charge is -2.22. The molecule has 3 rings (SSSR count). The van der Waals surface area contributed by atoms with Gasteiger partial charge in [-0.25, -0.2) is 21.6 Å². The molecule has 11 heteroatoms. The first-order valence-corrected chi connectivity index (χ1v) is 9.49. The van der Waals surface area contributed by atoms with Crippen LogP contribution in [-0.4, -0.2) is 30.4 Å². The smallest absolute Gasteiger partial charge is 0.310 e. The van der Waals surface area contributed by atoms with E-state index in [9.17, 15) is 35.2 Å². The fourth-order valence-electron chi connectivity index (χ4n) is 3.06. The number of fused-ring (bicyclic) bond motifs is 1. The van der Waals surface area contributed by atoms with Crippen LogP contribution in [0.3, 0.4) is 0 Å². The molecule has 1 aliphatic carbocycles. The fraction of sp³-hybridized carbons (Fsp3) is 0.294. The van der Waals surface area contributed by atoms with E-state index in [0.717, 1.165) is 29.0 Å². The number of alkyl halides is 4. The summed E-state index contributed by atoms with van der Waals surface area (Å²) in [7, 11) is -4.42. The Morgan fingerprint density at radius 1 is 1.29 bits per heavy atom. The van der Waals surface area contributed by atoms with Crippen LogP contribution in [0.5, 0.6) is 0 Å². The van der Waals surface area contributed by atoms with Crippen molar-refractivity contribution in [2.45, 2.75) is 30.1 Å². The molecular formula is C17H11F5N2O3S. The molecule has 5 nitrogen and oxygen atoms in total. The number of ketones is 1. The highest BCUT2D eigenvalue weighted by Crippen LogP contribution is 2.39. The highest BCUT2D eigenvalue weighted by atomic mass is 32.2. The zero-order valence-electron chi connectivity index (χ0n) is 13.9. The first kappa shape index (κ1) is 20.0. The lowest BCUT2D eigenvalue weighted by atomic mass is 9.93. The van der Waals surface area contributed by atoms with Crippen molar-refractivity contribution in [1.82, 2.24) is 4.57 Å². The molecule has 1 aliphatic rings. The first-order chi connectivity index (χ1) is 13.0.